The molecular weight excluding hydrogens is 302 g/mol. The maximum Gasteiger partial charge on any atom is 0.0603 e. The van der Waals surface area contributed by atoms with Crippen LogP contribution in [0.3, 0.4) is 0 Å². The molecule has 6 nitrogen and oxygen atoms in total. The number of hydrogen-bond acceptors (Lipinski definition) is 6. The van der Waals surface area contributed by atoms with Crippen LogP contribution in [0, 0.1) is 6.92 Å². The van der Waals surface area contributed by atoms with E-state index in [9.17, 15) is 0 Å². The first-order chi connectivity index (χ1) is 11.0. The number of nitrogen functional groups attached to an aromatic ring is 1. The van der Waals surface area contributed by atoms with Crippen LogP contribution >= 0.6 is 0 Å². The van der Waals surface area contributed by atoms with Crippen LogP contribution < -0.4 is 28.4 Å². The van der Waals surface area contributed by atoms with Crippen LogP contribution in [-0.4, -0.2) is 5.21 Å². The standard InChI is InChI=1S/C9H13N3O.C7H9N.C2H6.H3N.2H2/c1-7(10)6-11-8-2-4-9(12-13)5-3-8;1-6-4-2-3-5-7(6)8;1-2;;;/h2-6,11-13H,10H2,1H3;2-5H,8H2,1H3;1-2H3;1H3;2*1H/b7-6-;;;;;. The van der Waals surface area contributed by atoms with Gasteiger partial charge in [0.25, 0.3) is 0 Å². The van der Waals surface area contributed by atoms with E-state index in [4.69, 9.17) is 16.7 Å². The van der Waals surface area contributed by atoms with E-state index in [0.717, 1.165) is 16.9 Å². The third-order valence-corrected chi connectivity index (χ3v) is 2.67. The normalized spacial score (nSPS) is 9.29. The highest BCUT2D eigenvalue weighted by atomic mass is 16.5. The lowest BCUT2D eigenvalue weighted by atomic mass is 10.2. The summed E-state index contributed by atoms with van der Waals surface area (Å²) in [6.07, 6.45) is 1.71. The van der Waals surface area contributed by atoms with Gasteiger partial charge in [-0.3, -0.25) is 10.7 Å². The summed E-state index contributed by atoms with van der Waals surface area (Å²) in [6.45, 7) is 7.80. The molecule has 0 aliphatic rings. The van der Waals surface area contributed by atoms with Gasteiger partial charge < -0.3 is 22.9 Å². The molecule has 2 aromatic carbocycles. The van der Waals surface area contributed by atoms with Crippen molar-refractivity contribution < 1.29 is 8.06 Å². The van der Waals surface area contributed by atoms with Gasteiger partial charge in [0.1, 0.15) is 0 Å². The first-order valence-corrected chi connectivity index (χ1v) is 7.53. The largest absolute Gasteiger partial charge is 0.401 e. The number of benzene rings is 2. The molecule has 0 heterocycles. The Hall–Kier alpha value is -2.70. The van der Waals surface area contributed by atoms with Crippen molar-refractivity contribution in [3.05, 3.63) is 66.0 Å². The molecule has 0 unspecified atom stereocenters. The molecule has 0 saturated heterocycles. The summed E-state index contributed by atoms with van der Waals surface area (Å²) >= 11 is 0. The fraction of sp³-hybridized carbons (Fsp3) is 0.222. The van der Waals surface area contributed by atoms with Crippen LogP contribution in [-0.2, 0) is 0 Å². The predicted octanol–water partition coefficient (Wildman–Crippen LogP) is 4.98. The van der Waals surface area contributed by atoms with Crippen molar-refractivity contribution in [1.29, 1.82) is 0 Å². The molecular formula is C18H35N5O. The summed E-state index contributed by atoms with van der Waals surface area (Å²) in [5.74, 6) is 0. The molecule has 0 aromatic heterocycles. The van der Waals surface area contributed by atoms with E-state index in [1.54, 1.807) is 25.3 Å². The molecule has 0 bridgehead atoms. The van der Waals surface area contributed by atoms with Crippen LogP contribution in [0.5, 0.6) is 0 Å². The van der Waals surface area contributed by atoms with Crippen molar-refractivity contribution in [3.63, 3.8) is 0 Å². The number of hydrogen-bond donors (Lipinski definition) is 6. The van der Waals surface area contributed by atoms with Crippen molar-refractivity contribution in [2.24, 2.45) is 5.73 Å². The van der Waals surface area contributed by atoms with Gasteiger partial charge in [-0.25, -0.2) is 0 Å². The van der Waals surface area contributed by atoms with Crippen molar-refractivity contribution in [2.45, 2.75) is 27.7 Å². The summed E-state index contributed by atoms with van der Waals surface area (Å²) in [7, 11) is 0. The van der Waals surface area contributed by atoms with Gasteiger partial charge in [0.15, 0.2) is 0 Å². The van der Waals surface area contributed by atoms with Gasteiger partial charge in [0, 0.05) is 26.1 Å². The second-order valence-electron chi connectivity index (χ2n) is 4.58. The van der Waals surface area contributed by atoms with Gasteiger partial charge in [-0.05, 0) is 49.7 Å². The Morgan fingerprint density at radius 3 is 1.92 bits per heavy atom. The Balaban J connectivity index is -0.000000163. The van der Waals surface area contributed by atoms with Gasteiger partial charge in [-0.2, -0.15) is 0 Å². The van der Waals surface area contributed by atoms with E-state index in [0.29, 0.717) is 11.4 Å². The van der Waals surface area contributed by atoms with E-state index in [1.807, 2.05) is 57.2 Å². The first kappa shape index (κ1) is 23.6. The van der Waals surface area contributed by atoms with Crippen LogP contribution in [0.1, 0.15) is 29.2 Å². The lowest BCUT2D eigenvalue weighted by Gasteiger charge is -2.02. The molecule has 138 valence electrons. The fourth-order valence-electron chi connectivity index (χ4n) is 1.42. The van der Waals surface area contributed by atoms with Crippen LogP contribution in [0.25, 0.3) is 0 Å². The third kappa shape index (κ3) is 10.1. The minimum Gasteiger partial charge on any atom is -0.401 e. The average Bonchev–Trinajstić information content (AvgIpc) is 2.58. The molecule has 0 atom stereocenters. The summed E-state index contributed by atoms with van der Waals surface area (Å²) in [5.41, 5.74) is 17.3. The highest BCUT2D eigenvalue weighted by Crippen LogP contribution is 2.12. The molecule has 6 heteroatoms. The van der Waals surface area contributed by atoms with Gasteiger partial charge in [-0.1, -0.05) is 32.0 Å². The zero-order valence-electron chi connectivity index (χ0n) is 15.0. The summed E-state index contributed by atoms with van der Waals surface area (Å²) in [4.78, 5) is 0. The maximum atomic E-state index is 8.54. The molecule has 0 spiro atoms. The Kier molecular flexibility index (Phi) is 13.7. The van der Waals surface area contributed by atoms with Gasteiger partial charge in [-0.15, -0.1) is 0 Å². The van der Waals surface area contributed by atoms with Crippen LogP contribution in [0.15, 0.2) is 60.4 Å². The summed E-state index contributed by atoms with van der Waals surface area (Å²) in [5, 5.41) is 11.5. The molecule has 2 rings (SSSR count). The highest BCUT2D eigenvalue weighted by Gasteiger charge is 1.90. The van der Waals surface area contributed by atoms with Crippen molar-refractivity contribution in [1.82, 2.24) is 6.15 Å². The second-order valence-corrected chi connectivity index (χ2v) is 4.58. The minimum absolute atomic E-state index is 0. The van der Waals surface area contributed by atoms with Gasteiger partial charge in [0.05, 0.1) is 5.69 Å². The zero-order valence-corrected chi connectivity index (χ0v) is 15.0. The first-order valence-electron chi connectivity index (χ1n) is 7.53. The third-order valence-electron chi connectivity index (χ3n) is 2.67. The molecule has 0 fully saturated rings. The fourth-order valence-corrected chi connectivity index (χ4v) is 1.42. The molecule has 2 aromatic rings. The lowest BCUT2D eigenvalue weighted by molar-refractivity contribution is 0.389. The lowest BCUT2D eigenvalue weighted by Crippen LogP contribution is -1.96. The molecule has 0 saturated carbocycles. The SMILES string of the molecule is C/C(N)=C/Nc1ccc(NO)cc1.CC.Cc1ccccc1N.N.[HH].[HH]. The summed E-state index contributed by atoms with van der Waals surface area (Å²) < 4.78 is 0. The molecule has 0 aliphatic heterocycles. The highest BCUT2D eigenvalue weighted by molar-refractivity contribution is 5.53. The molecule has 0 amide bonds. The van der Waals surface area contributed by atoms with E-state index in [-0.39, 0.29) is 9.00 Å². The van der Waals surface area contributed by atoms with E-state index < -0.39 is 0 Å². The van der Waals surface area contributed by atoms with Gasteiger partial charge >= 0.3 is 0 Å². The maximum absolute atomic E-state index is 8.54. The molecule has 10 N–H and O–H groups in total. The van der Waals surface area contributed by atoms with Gasteiger partial charge in [0.2, 0.25) is 0 Å². The number of nitrogens with two attached hydrogens (primary N) is 2. The smallest absolute Gasteiger partial charge is 0.0603 e. The number of para-hydroxylation sites is 1. The summed E-state index contributed by atoms with van der Waals surface area (Å²) in [6, 6.07) is 15.0. The molecule has 24 heavy (non-hydrogen) atoms. The number of rotatable bonds is 3. The second kappa shape index (κ2) is 13.9. The minimum atomic E-state index is 0. The Bertz CT molecular complexity index is 567. The van der Waals surface area contributed by atoms with Crippen molar-refractivity contribution in [2.75, 3.05) is 16.5 Å². The van der Waals surface area contributed by atoms with E-state index in [1.165, 1.54) is 0 Å². The quantitative estimate of drug-likeness (QED) is 0.346. The van der Waals surface area contributed by atoms with Crippen molar-refractivity contribution in [3.8, 4) is 0 Å². The Morgan fingerprint density at radius 1 is 1.04 bits per heavy atom. The van der Waals surface area contributed by atoms with E-state index in [2.05, 4.69) is 10.8 Å². The number of allylic oxidation sites excluding steroid dienone is 1. The molecule has 0 aliphatic carbocycles. The Morgan fingerprint density at radius 2 is 1.54 bits per heavy atom. The monoisotopic (exact) mass is 337 g/mol. The average molecular weight is 338 g/mol. The predicted molar refractivity (Wildman–Crippen MR) is 110 cm³/mol. The topological polar surface area (TPSA) is 131 Å². The number of aryl methyl sites for hydroxylation is 1. The number of anilines is 3. The van der Waals surface area contributed by atoms with Crippen LogP contribution in [0.4, 0.5) is 17.1 Å². The number of nitrogens with one attached hydrogen (secondary N) is 2. The van der Waals surface area contributed by atoms with E-state index >= 15 is 0 Å². The van der Waals surface area contributed by atoms with Crippen molar-refractivity contribution >= 4 is 17.1 Å². The Labute approximate surface area is 148 Å². The van der Waals surface area contributed by atoms with Crippen LogP contribution in [0.2, 0.25) is 0 Å². The zero-order chi connectivity index (χ0) is 17.7. The molecule has 0 radical (unpaired) electrons.